The molecule has 0 aromatic rings. The van der Waals surface area contributed by atoms with Crippen LogP contribution in [0.15, 0.2) is 97.2 Å². The van der Waals surface area contributed by atoms with E-state index in [9.17, 15) is 43.5 Å². The predicted octanol–water partition coefficient (Wildman–Crippen LogP) is 23.0. The summed E-state index contributed by atoms with van der Waals surface area (Å²) < 4.78 is 61.0. The number of phosphoric acid groups is 2. The number of allylic oxidation sites excluding steroid dienone is 16. The Balaban J connectivity index is 4.29. The van der Waals surface area contributed by atoms with E-state index in [1.807, 2.05) is 0 Å². The van der Waals surface area contributed by atoms with E-state index in [4.69, 9.17) is 32.3 Å². The fourth-order valence-corrected chi connectivity index (χ4v) is 12.3. The Morgan fingerprint density at radius 3 is 0.889 bits per heavy atom. The smallest absolute Gasteiger partial charge is 0.463 e. The van der Waals surface area contributed by atoms with Crippen LogP contribution in [0.5, 0.6) is 0 Å². The number of carbonyl (C=O) groups is 3. The van der Waals surface area contributed by atoms with Gasteiger partial charge < -0.3 is 34.2 Å². The molecule has 0 aromatic heterocycles. The molecule has 0 saturated carbocycles. The molecule has 0 heterocycles. The lowest BCUT2D eigenvalue weighted by atomic mass is 10.0. The summed E-state index contributed by atoms with van der Waals surface area (Å²) >= 11 is 0. The minimum atomic E-state index is -4.92. The van der Waals surface area contributed by atoms with Crippen molar-refractivity contribution in [1.29, 1.82) is 0 Å². The number of carbonyl (C=O) groups excluding carboxylic acids is 3. The molecule has 0 spiro atoms. The number of phosphoric ester groups is 2. The van der Waals surface area contributed by atoms with Gasteiger partial charge in [0.1, 0.15) is 25.4 Å². The van der Waals surface area contributed by atoms with Crippen molar-refractivity contribution in [3.8, 4) is 0 Å². The van der Waals surface area contributed by atoms with Crippen molar-refractivity contribution >= 4 is 33.6 Å². The molecule has 16 nitrogen and oxygen atoms in total. The van der Waals surface area contributed by atoms with E-state index < -0.39 is 91.5 Å². The predicted molar refractivity (Wildman–Crippen MR) is 408 cm³/mol. The Morgan fingerprint density at radius 2 is 0.545 bits per heavy atom. The van der Waals surface area contributed by atoms with Gasteiger partial charge in [-0.05, 0) is 116 Å². The second kappa shape index (κ2) is 74.2. The van der Waals surface area contributed by atoms with Gasteiger partial charge in [0.15, 0.2) is 6.10 Å². The van der Waals surface area contributed by atoms with Crippen LogP contribution in [0, 0.1) is 0 Å². The van der Waals surface area contributed by atoms with Crippen LogP contribution in [0.1, 0.15) is 342 Å². The molecule has 0 radical (unpaired) electrons. The molecule has 0 amide bonds. The number of esters is 3. The van der Waals surface area contributed by atoms with E-state index in [2.05, 4.69) is 118 Å². The summed E-state index contributed by atoms with van der Waals surface area (Å²) in [7, 11) is -9.78. The van der Waals surface area contributed by atoms with E-state index >= 15 is 0 Å². The van der Waals surface area contributed by atoms with Crippen molar-refractivity contribution in [1.82, 2.24) is 0 Å². The molecule has 0 saturated heterocycles. The summed E-state index contributed by atoms with van der Waals surface area (Å²) in [6.07, 6.45) is 85.0. The Hall–Kier alpha value is -3.53. The van der Waals surface area contributed by atoms with Crippen molar-refractivity contribution in [2.45, 2.75) is 360 Å². The Kier molecular flexibility index (Phi) is 71.6. The Labute approximate surface area is 603 Å². The van der Waals surface area contributed by atoms with Crippen LogP contribution < -0.4 is 0 Å². The first kappa shape index (κ1) is 95.5. The molecular formula is C81H144O16P2. The fourth-order valence-electron chi connectivity index (χ4n) is 10.7. The molecule has 0 fully saturated rings. The third-order valence-electron chi connectivity index (χ3n) is 16.8. The van der Waals surface area contributed by atoms with Gasteiger partial charge in [-0.25, -0.2) is 9.13 Å². The molecule has 5 unspecified atom stereocenters. The molecule has 18 heteroatoms. The molecule has 0 bridgehead atoms. The van der Waals surface area contributed by atoms with Gasteiger partial charge in [-0.15, -0.1) is 0 Å². The van der Waals surface area contributed by atoms with Gasteiger partial charge in [0.2, 0.25) is 0 Å². The maximum atomic E-state index is 12.9. The van der Waals surface area contributed by atoms with E-state index in [-0.39, 0.29) is 19.3 Å². The van der Waals surface area contributed by atoms with Crippen LogP contribution in [0.4, 0.5) is 0 Å². The zero-order valence-electron chi connectivity index (χ0n) is 62.6. The summed E-state index contributed by atoms with van der Waals surface area (Å²) in [6.45, 7) is 2.50. The van der Waals surface area contributed by atoms with Gasteiger partial charge in [-0.2, -0.15) is 0 Å². The standard InChI is InChI=1S/C81H144O16P2/c1-4-7-10-13-16-19-22-24-26-28-29-30-31-32-33-34-35-36-37-38-39-40-41-42-43-44-45-47-49-50-53-55-58-61-64-67-79(84)91-70-76(82)71-93-98(87,88)94-72-77(83)73-95-99(89,90)96-75-78(97-81(86)69-66-63-60-57-52-21-18-15-12-9-6-3)74-92-80(85)68-65-62-59-56-54-51-48-46-27-25-23-20-17-14-11-8-5-2/h8,11,15-20,24-27,29-30,32-33,76-78,82-83H,4-7,9-10,12-14,21-23,28,31,34-75H2,1-3H3,(H,87,88)(H,89,90)/b11-8-,18-15-,19-16-,20-17-,26-24-,27-25-,30-29-,33-32-. The molecule has 99 heavy (non-hydrogen) atoms. The largest absolute Gasteiger partial charge is 0.472 e. The highest BCUT2D eigenvalue weighted by Crippen LogP contribution is 2.45. The zero-order valence-corrected chi connectivity index (χ0v) is 64.4. The number of unbranched alkanes of at least 4 members (excludes halogenated alkanes) is 36. The van der Waals surface area contributed by atoms with Gasteiger partial charge in [-0.3, -0.25) is 32.5 Å². The molecule has 5 atom stereocenters. The zero-order chi connectivity index (χ0) is 72.3. The van der Waals surface area contributed by atoms with E-state index in [0.717, 1.165) is 141 Å². The number of hydrogen-bond donors (Lipinski definition) is 4. The Morgan fingerprint density at radius 1 is 0.293 bits per heavy atom. The van der Waals surface area contributed by atoms with E-state index in [0.29, 0.717) is 19.3 Å². The van der Waals surface area contributed by atoms with Crippen molar-refractivity contribution in [2.75, 3.05) is 39.6 Å². The average Bonchev–Trinajstić information content (AvgIpc) is 1.14. The first-order valence-electron chi connectivity index (χ1n) is 39.5. The maximum Gasteiger partial charge on any atom is 0.472 e. The lowest BCUT2D eigenvalue weighted by Gasteiger charge is -2.21. The topological polar surface area (TPSA) is 231 Å². The first-order chi connectivity index (χ1) is 48.2. The molecule has 0 aromatic carbocycles. The number of rotatable bonds is 75. The van der Waals surface area contributed by atoms with Crippen molar-refractivity contribution < 1.29 is 75.8 Å². The van der Waals surface area contributed by atoms with Gasteiger partial charge >= 0.3 is 33.6 Å². The van der Waals surface area contributed by atoms with Crippen molar-refractivity contribution in [2.24, 2.45) is 0 Å². The molecular weight excluding hydrogens is 1290 g/mol. The first-order valence-corrected chi connectivity index (χ1v) is 42.5. The lowest BCUT2D eigenvalue weighted by molar-refractivity contribution is -0.161. The monoisotopic (exact) mass is 1430 g/mol. The average molecular weight is 1440 g/mol. The van der Waals surface area contributed by atoms with Crippen LogP contribution in [0.25, 0.3) is 0 Å². The van der Waals surface area contributed by atoms with Crippen molar-refractivity contribution in [3.05, 3.63) is 97.2 Å². The molecule has 574 valence electrons. The number of hydrogen-bond acceptors (Lipinski definition) is 14. The highest BCUT2D eigenvalue weighted by molar-refractivity contribution is 7.47. The summed E-state index contributed by atoms with van der Waals surface area (Å²) in [6, 6.07) is 0. The van der Waals surface area contributed by atoms with Crippen LogP contribution in [-0.2, 0) is 55.8 Å². The quantitative estimate of drug-likeness (QED) is 0.0146. The summed E-state index contributed by atoms with van der Waals surface area (Å²) in [4.78, 5) is 58.4. The fraction of sp³-hybridized carbons (Fsp3) is 0.765. The SMILES string of the molecule is CC/C=C\C/C=C\C/C=C\CCCCCCCCCC(=O)OCC(COP(=O)(O)OCC(O)COP(=O)(O)OCC(O)COC(=O)CCCCCCCCCCCCCCCCCCCCC/C=C\C/C=C\C/C=C\C/C=C\CCCCC)OC(=O)CCCCCCC/C=C\CCCC. The second-order valence-electron chi connectivity index (χ2n) is 26.5. The van der Waals surface area contributed by atoms with Gasteiger partial charge in [0, 0.05) is 19.3 Å². The van der Waals surface area contributed by atoms with Crippen LogP contribution >= 0.6 is 15.6 Å². The minimum absolute atomic E-state index is 0.0926. The van der Waals surface area contributed by atoms with Crippen LogP contribution in [-0.4, -0.2) is 95.9 Å². The normalized spacial score (nSPS) is 14.5. The van der Waals surface area contributed by atoms with Crippen LogP contribution in [0.3, 0.4) is 0 Å². The highest BCUT2D eigenvalue weighted by atomic mass is 31.2. The number of aliphatic hydroxyl groups excluding tert-OH is 2. The number of ether oxygens (including phenoxy) is 3. The molecule has 0 aliphatic heterocycles. The summed E-state index contributed by atoms with van der Waals surface area (Å²) in [5, 5.41) is 20.6. The van der Waals surface area contributed by atoms with E-state index in [1.165, 1.54) is 141 Å². The van der Waals surface area contributed by atoms with E-state index in [1.54, 1.807) is 0 Å². The van der Waals surface area contributed by atoms with Crippen LogP contribution in [0.2, 0.25) is 0 Å². The van der Waals surface area contributed by atoms with Gasteiger partial charge in [0.25, 0.3) is 0 Å². The summed E-state index contributed by atoms with van der Waals surface area (Å²) in [5.41, 5.74) is 0. The highest BCUT2D eigenvalue weighted by Gasteiger charge is 2.29. The maximum absolute atomic E-state index is 12.9. The van der Waals surface area contributed by atoms with Crippen molar-refractivity contribution in [3.63, 3.8) is 0 Å². The van der Waals surface area contributed by atoms with Gasteiger partial charge in [0.05, 0.1) is 26.4 Å². The lowest BCUT2D eigenvalue weighted by Crippen LogP contribution is -2.30. The Bertz CT molecular complexity index is 2190. The third kappa shape index (κ3) is 75.5. The summed E-state index contributed by atoms with van der Waals surface area (Å²) in [5.74, 6) is -1.59. The second-order valence-corrected chi connectivity index (χ2v) is 29.4. The molecule has 0 rings (SSSR count). The minimum Gasteiger partial charge on any atom is -0.463 e. The third-order valence-corrected chi connectivity index (χ3v) is 18.7. The number of aliphatic hydroxyl groups is 2. The molecule has 4 N–H and O–H groups in total. The molecule has 0 aliphatic carbocycles. The molecule has 0 aliphatic rings. The van der Waals surface area contributed by atoms with Gasteiger partial charge in [-0.1, -0.05) is 304 Å².